The predicted octanol–water partition coefficient (Wildman–Crippen LogP) is 0.816. The van der Waals surface area contributed by atoms with Crippen molar-refractivity contribution in [2.45, 2.75) is 51.0 Å². The van der Waals surface area contributed by atoms with Crippen molar-refractivity contribution in [3.63, 3.8) is 0 Å². The van der Waals surface area contributed by atoms with Crippen LogP contribution in [0.1, 0.15) is 26.7 Å². The molecular formula is C10H16O5. The Morgan fingerprint density at radius 3 is 2.80 bits per heavy atom. The zero-order chi connectivity index (χ0) is 11.1. The fraction of sp³-hybridized carbons (Fsp3) is 0.900. The van der Waals surface area contributed by atoms with E-state index in [9.17, 15) is 4.79 Å². The first-order valence-corrected chi connectivity index (χ1v) is 5.08. The number of esters is 1. The number of methoxy groups -OCH3 is 1. The fourth-order valence-electron chi connectivity index (χ4n) is 1.98. The number of carbonyl (C=O) groups excluding carboxylic acids is 1. The minimum atomic E-state index is -0.578. The molecule has 2 heterocycles. The monoisotopic (exact) mass is 216 g/mol. The predicted molar refractivity (Wildman–Crippen MR) is 49.9 cm³/mol. The van der Waals surface area contributed by atoms with Crippen molar-refractivity contribution in [2.24, 2.45) is 0 Å². The summed E-state index contributed by atoms with van der Waals surface area (Å²) in [5, 5.41) is 0. The Balaban J connectivity index is 1.86. The second kappa shape index (κ2) is 3.73. The Hall–Kier alpha value is -0.650. The number of hydrogen-bond donors (Lipinski definition) is 0. The highest BCUT2D eigenvalue weighted by Crippen LogP contribution is 2.37. The van der Waals surface area contributed by atoms with E-state index >= 15 is 0 Å². The van der Waals surface area contributed by atoms with Crippen LogP contribution in [-0.2, 0) is 23.7 Å². The third kappa shape index (κ3) is 2.30. The molecule has 0 aromatic heterocycles. The molecule has 15 heavy (non-hydrogen) atoms. The van der Waals surface area contributed by atoms with E-state index in [4.69, 9.17) is 14.2 Å². The molecule has 5 heteroatoms. The van der Waals surface area contributed by atoms with Crippen LogP contribution in [0.4, 0.5) is 0 Å². The number of carbonyl (C=O) groups is 1. The molecule has 0 amide bonds. The molecule has 3 atom stereocenters. The van der Waals surface area contributed by atoms with Crippen molar-refractivity contribution < 1.29 is 23.7 Å². The van der Waals surface area contributed by atoms with Gasteiger partial charge in [-0.05, 0) is 13.8 Å². The van der Waals surface area contributed by atoms with Gasteiger partial charge in [0.1, 0.15) is 6.10 Å². The van der Waals surface area contributed by atoms with Crippen LogP contribution in [0.2, 0.25) is 0 Å². The molecule has 0 spiro atoms. The lowest BCUT2D eigenvalue weighted by molar-refractivity contribution is -0.205. The highest BCUT2D eigenvalue weighted by Gasteiger charge is 2.48. The number of hydrogen-bond acceptors (Lipinski definition) is 5. The largest absolute Gasteiger partial charge is 0.469 e. The molecule has 2 aliphatic heterocycles. The van der Waals surface area contributed by atoms with Gasteiger partial charge >= 0.3 is 5.97 Å². The summed E-state index contributed by atoms with van der Waals surface area (Å²) in [6, 6.07) is 0. The SMILES string of the molecule is COC(=O)C[C@H]1C[C@H]2OC(C)(C)O[C@H]2O1. The first-order valence-electron chi connectivity index (χ1n) is 5.08. The van der Waals surface area contributed by atoms with E-state index in [1.165, 1.54) is 7.11 Å². The van der Waals surface area contributed by atoms with E-state index in [-0.39, 0.29) is 30.9 Å². The van der Waals surface area contributed by atoms with E-state index in [0.29, 0.717) is 6.42 Å². The summed E-state index contributed by atoms with van der Waals surface area (Å²) in [5.41, 5.74) is 0. The van der Waals surface area contributed by atoms with Crippen LogP contribution < -0.4 is 0 Å². The molecule has 0 N–H and O–H groups in total. The van der Waals surface area contributed by atoms with Gasteiger partial charge in [-0.2, -0.15) is 0 Å². The van der Waals surface area contributed by atoms with Gasteiger partial charge in [-0.1, -0.05) is 0 Å². The molecular weight excluding hydrogens is 200 g/mol. The Bertz CT molecular complexity index is 247. The van der Waals surface area contributed by atoms with Gasteiger partial charge in [0.05, 0.1) is 19.6 Å². The molecule has 2 rings (SSSR count). The summed E-state index contributed by atoms with van der Waals surface area (Å²) in [5.74, 6) is -0.842. The Morgan fingerprint density at radius 2 is 2.20 bits per heavy atom. The van der Waals surface area contributed by atoms with E-state index in [1.807, 2.05) is 13.8 Å². The molecule has 0 aliphatic carbocycles. The van der Waals surface area contributed by atoms with Gasteiger partial charge in [-0.25, -0.2) is 0 Å². The van der Waals surface area contributed by atoms with Crippen LogP contribution >= 0.6 is 0 Å². The Labute approximate surface area is 88.6 Å². The molecule has 0 aromatic rings. The van der Waals surface area contributed by atoms with Gasteiger partial charge in [0, 0.05) is 6.42 Å². The molecule has 2 fully saturated rings. The molecule has 2 aliphatic rings. The summed E-state index contributed by atoms with van der Waals surface area (Å²) < 4.78 is 21.3. The second-order valence-corrected chi connectivity index (χ2v) is 4.32. The summed E-state index contributed by atoms with van der Waals surface area (Å²) >= 11 is 0. The maximum absolute atomic E-state index is 11.0. The van der Waals surface area contributed by atoms with Gasteiger partial charge in [-0.3, -0.25) is 4.79 Å². The minimum absolute atomic E-state index is 0.0605. The van der Waals surface area contributed by atoms with Crippen molar-refractivity contribution in [2.75, 3.05) is 7.11 Å². The number of rotatable bonds is 2. The first-order chi connectivity index (χ1) is 7.00. The number of ether oxygens (including phenoxy) is 4. The quantitative estimate of drug-likeness (QED) is 0.639. The maximum Gasteiger partial charge on any atom is 0.308 e. The average Bonchev–Trinajstić information content (AvgIpc) is 2.57. The fourth-order valence-corrected chi connectivity index (χ4v) is 1.98. The van der Waals surface area contributed by atoms with Crippen molar-refractivity contribution in [3.8, 4) is 0 Å². The normalized spacial score (nSPS) is 37.7. The van der Waals surface area contributed by atoms with Crippen LogP contribution in [0.25, 0.3) is 0 Å². The first kappa shape index (κ1) is 10.9. The van der Waals surface area contributed by atoms with Crippen molar-refractivity contribution in [3.05, 3.63) is 0 Å². The topological polar surface area (TPSA) is 54.0 Å². The van der Waals surface area contributed by atoms with Crippen molar-refractivity contribution in [1.29, 1.82) is 0 Å². The molecule has 86 valence electrons. The van der Waals surface area contributed by atoms with E-state index in [1.54, 1.807) is 0 Å². The lowest BCUT2D eigenvalue weighted by atomic mass is 10.1. The third-order valence-corrected chi connectivity index (χ3v) is 2.58. The van der Waals surface area contributed by atoms with E-state index in [0.717, 1.165) is 0 Å². The van der Waals surface area contributed by atoms with Gasteiger partial charge in [0.25, 0.3) is 0 Å². The molecule has 0 aromatic carbocycles. The molecule has 0 radical (unpaired) electrons. The third-order valence-electron chi connectivity index (χ3n) is 2.58. The summed E-state index contributed by atoms with van der Waals surface area (Å²) in [6.07, 6.45) is 0.396. The Morgan fingerprint density at radius 1 is 1.47 bits per heavy atom. The van der Waals surface area contributed by atoms with E-state index < -0.39 is 5.79 Å². The van der Waals surface area contributed by atoms with E-state index in [2.05, 4.69) is 4.74 Å². The minimum Gasteiger partial charge on any atom is -0.469 e. The molecule has 5 nitrogen and oxygen atoms in total. The smallest absolute Gasteiger partial charge is 0.308 e. The maximum atomic E-state index is 11.0. The van der Waals surface area contributed by atoms with Crippen molar-refractivity contribution >= 4 is 5.97 Å². The lowest BCUT2D eigenvalue weighted by Crippen LogP contribution is -2.25. The van der Waals surface area contributed by atoms with Crippen LogP contribution in [0, 0.1) is 0 Å². The zero-order valence-corrected chi connectivity index (χ0v) is 9.19. The van der Waals surface area contributed by atoms with Crippen LogP contribution in [0.15, 0.2) is 0 Å². The van der Waals surface area contributed by atoms with Gasteiger partial charge in [0.15, 0.2) is 12.1 Å². The summed E-state index contributed by atoms with van der Waals surface area (Å²) in [4.78, 5) is 11.0. The van der Waals surface area contributed by atoms with Gasteiger partial charge in [0.2, 0.25) is 0 Å². The highest BCUT2D eigenvalue weighted by molar-refractivity contribution is 5.69. The molecule has 0 saturated carbocycles. The summed E-state index contributed by atoms with van der Waals surface area (Å²) in [6.45, 7) is 3.70. The lowest BCUT2D eigenvalue weighted by Gasteiger charge is -2.19. The Kier molecular flexibility index (Phi) is 2.70. The molecule has 0 unspecified atom stereocenters. The van der Waals surface area contributed by atoms with Gasteiger partial charge in [-0.15, -0.1) is 0 Å². The van der Waals surface area contributed by atoms with Gasteiger partial charge < -0.3 is 18.9 Å². The highest BCUT2D eigenvalue weighted by atomic mass is 16.8. The second-order valence-electron chi connectivity index (χ2n) is 4.32. The zero-order valence-electron chi connectivity index (χ0n) is 9.19. The van der Waals surface area contributed by atoms with Crippen molar-refractivity contribution in [1.82, 2.24) is 0 Å². The standard InChI is InChI=1S/C10H16O5/c1-10(2)14-7-4-6(5-8(11)12-3)13-9(7)15-10/h6-7,9H,4-5H2,1-3H3/t6-,7-,9-/m1/s1. The summed E-state index contributed by atoms with van der Waals surface area (Å²) in [7, 11) is 1.37. The molecule has 2 saturated heterocycles. The molecule has 0 bridgehead atoms. The van der Waals surface area contributed by atoms with Crippen LogP contribution in [-0.4, -0.2) is 37.4 Å². The van der Waals surface area contributed by atoms with Crippen LogP contribution in [0.5, 0.6) is 0 Å². The number of fused-ring (bicyclic) bond motifs is 1. The average molecular weight is 216 g/mol. The van der Waals surface area contributed by atoms with Crippen LogP contribution in [0.3, 0.4) is 0 Å².